The van der Waals surface area contributed by atoms with E-state index < -0.39 is 0 Å². The van der Waals surface area contributed by atoms with Gasteiger partial charge in [0, 0.05) is 28.7 Å². The summed E-state index contributed by atoms with van der Waals surface area (Å²) >= 11 is 0. The molecule has 0 aromatic heterocycles. The summed E-state index contributed by atoms with van der Waals surface area (Å²) in [7, 11) is 3.90. The third kappa shape index (κ3) is 6.60. The largest absolute Gasteiger partial charge is 0.456 e. The first-order chi connectivity index (χ1) is 13.7. The molecule has 1 amide bonds. The maximum atomic E-state index is 12.2. The van der Waals surface area contributed by atoms with Crippen LogP contribution >= 0.6 is 21.6 Å². The quantitative estimate of drug-likeness (QED) is 0.331. The Morgan fingerprint density at radius 1 is 1.04 bits per heavy atom. The summed E-state index contributed by atoms with van der Waals surface area (Å²) in [5.41, 5.74) is 2.67. The average molecular weight is 416 g/mol. The molecule has 0 aliphatic carbocycles. The first-order valence-electron chi connectivity index (χ1n) is 9.60. The van der Waals surface area contributed by atoms with E-state index >= 15 is 0 Å². The number of unbranched alkanes of at least 4 members (excludes halogenated alkanes) is 1. The maximum Gasteiger partial charge on any atom is 0.306 e. The smallest absolute Gasteiger partial charge is 0.306 e. The zero-order valence-electron chi connectivity index (χ0n) is 15.8. The molecule has 1 fully saturated rings. The molecule has 1 atom stereocenters. The minimum Gasteiger partial charge on any atom is -0.456 e. The molecule has 0 radical (unpaired) electrons. The van der Waals surface area contributed by atoms with Crippen LogP contribution in [0.2, 0.25) is 0 Å². The van der Waals surface area contributed by atoms with Crippen molar-refractivity contribution < 1.29 is 14.3 Å². The standard InChI is InChI=1S/C22H25NO3S2/c24-21(16-26-22(25)13-7-4-10-18-14-15-27-28-18)23-20-12-6-5-11-19(20)17-8-2-1-3-9-17/h1-3,5-6,8-9,11-12,18H,4,7,10,13-16H2,(H,23,24)/t18-/m0/s1. The number of benzene rings is 2. The number of nitrogens with one attached hydrogen (secondary N) is 1. The highest BCUT2D eigenvalue weighted by Crippen LogP contribution is 2.39. The van der Waals surface area contributed by atoms with Crippen molar-refractivity contribution in [2.45, 2.75) is 37.4 Å². The molecule has 1 aliphatic rings. The number of hydrogen-bond donors (Lipinski definition) is 1. The maximum absolute atomic E-state index is 12.2. The van der Waals surface area contributed by atoms with E-state index in [1.165, 1.54) is 12.2 Å². The third-order valence-electron chi connectivity index (χ3n) is 4.53. The van der Waals surface area contributed by atoms with Gasteiger partial charge in [0.2, 0.25) is 0 Å². The summed E-state index contributed by atoms with van der Waals surface area (Å²) in [5.74, 6) is 0.607. The second-order valence-electron chi connectivity index (χ2n) is 6.70. The van der Waals surface area contributed by atoms with Gasteiger partial charge in [-0.05, 0) is 30.9 Å². The Bertz CT molecular complexity index is 776. The lowest BCUT2D eigenvalue weighted by Gasteiger charge is -2.11. The van der Waals surface area contributed by atoms with Crippen molar-refractivity contribution in [3.63, 3.8) is 0 Å². The fourth-order valence-corrected chi connectivity index (χ4v) is 6.10. The van der Waals surface area contributed by atoms with Gasteiger partial charge in [0.15, 0.2) is 6.61 Å². The van der Waals surface area contributed by atoms with Crippen LogP contribution in [-0.4, -0.2) is 29.5 Å². The van der Waals surface area contributed by atoms with Crippen molar-refractivity contribution in [3.8, 4) is 11.1 Å². The second kappa shape index (κ2) is 11.2. The fraction of sp³-hybridized carbons (Fsp3) is 0.364. The van der Waals surface area contributed by atoms with Gasteiger partial charge in [-0.25, -0.2) is 0 Å². The summed E-state index contributed by atoms with van der Waals surface area (Å²) in [6, 6.07) is 17.5. The SMILES string of the molecule is O=C(COC(=O)CCCC[C@H]1CCSS1)Nc1ccccc1-c1ccccc1. The van der Waals surface area contributed by atoms with Crippen molar-refractivity contribution in [1.82, 2.24) is 0 Å². The number of ether oxygens (including phenoxy) is 1. The van der Waals surface area contributed by atoms with E-state index in [9.17, 15) is 9.59 Å². The van der Waals surface area contributed by atoms with Gasteiger partial charge in [0.05, 0.1) is 0 Å². The fourth-order valence-electron chi connectivity index (χ4n) is 3.07. The van der Waals surface area contributed by atoms with Gasteiger partial charge >= 0.3 is 5.97 Å². The van der Waals surface area contributed by atoms with Gasteiger partial charge in [0.1, 0.15) is 0 Å². The molecule has 148 valence electrons. The lowest BCUT2D eigenvalue weighted by Crippen LogP contribution is -2.21. The van der Waals surface area contributed by atoms with Crippen LogP contribution in [0.1, 0.15) is 32.1 Å². The zero-order valence-corrected chi connectivity index (χ0v) is 17.4. The molecule has 3 rings (SSSR count). The van der Waals surface area contributed by atoms with Crippen molar-refractivity contribution in [3.05, 3.63) is 54.6 Å². The average Bonchev–Trinajstić information content (AvgIpc) is 3.24. The van der Waals surface area contributed by atoms with Gasteiger partial charge in [0.25, 0.3) is 5.91 Å². The molecule has 1 aliphatic heterocycles. The molecule has 1 N–H and O–H groups in total. The van der Waals surface area contributed by atoms with E-state index in [2.05, 4.69) is 5.32 Å². The van der Waals surface area contributed by atoms with E-state index in [0.717, 1.165) is 35.6 Å². The first kappa shape index (κ1) is 20.8. The van der Waals surface area contributed by atoms with Crippen LogP contribution in [0.15, 0.2) is 54.6 Å². The molecule has 0 spiro atoms. The van der Waals surface area contributed by atoms with Crippen LogP contribution in [0.5, 0.6) is 0 Å². The van der Waals surface area contributed by atoms with Crippen LogP contribution in [-0.2, 0) is 14.3 Å². The number of esters is 1. The molecule has 1 saturated heterocycles. The van der Waals surface area contributed by atoms with Crippen LogP contribution in [0, 0.1) is 0 Å². The van der Waals surface area contributed by atoms with E-state index in [0.29, 0.717) is 12.1 Å². The number of amides is 1. The van der Waals surface area contributed by atoms with Crippen molar-refractivity contribution in [2.24, 2.45) is 0 Å². The van der Waals surface area contributed by atoms with Crippen LogP contribution in [0.4, 0.5) is 5.69 Å². The number of para-hydroxylation sites is 1. The molecule has 28 heavy (non-hydrogen) atoms. The summed E-state index contributed by atoms with van der Waals surface area (Å²) in [5, 5.41) is 3.58. The number of rotatable bonds is 9. The van der Waals surface area contributed by atoms with E-state index in [4.69, 9.17) is 4.74 Å². The summed E-state index contributed by atoms with van der Waals surface area (Å²) in [4.78, 5) is 24.1. The highest BCUT2D eigenvalue weighted by atomic mass is 33.1. The molecular weight excluding hydrogens is 390 g/mol. The normalized spacial score (nSPS) is 15.9. The van der Waals surface area contributed by atoms with Gasteiger partial charge in [-0.15, -0.1) is 0 Å². The highest BCUT2D eigenvalue weighted by Gasteiger charge is 2.16. The van der Waals surface area contributed by atoms with E-state index in [-0.39, 0.29) is 18.5 Å². The molecule has 6 heteroatoms. The molecule has 2 aromatic carbocycles. The minimum absolute atomic E-state index is 0.253. The molecule has 0 saturated carbocycles. The molecule has 2 aromatic rings. The molecule has 4 nitrogen and oxygen atoms in total. The Morgan fingerprint density at radius 2 is 1.82 bits per heavy atom. The van der Waals surface area contributed by atoms with Gasteiger partial charge in [-0.3, -0.25) is 9.59 Å². The van der Waals surface area contributed by atoms with Crippen LogP contribution in [0.3, 0.4) is 0 Å². The molecule has 0 unspecified atom stereocenters. The summed E-state index contributed by atoms with van der Waals surface area (Å²) < 4.78 is 5.13. The van der Waals surface area contributed by atoms with E-state index in [1.54, 1.807) is 0 Å². The number of carbonyl (C=O) groups excluding carboxylic acids is 2. The van der Waals surface area contributed by atoms with Crippen molar-refractivity contribution in [1.29, 1.82) is 0 Å². The predicted molar refractivity (Wildman–Crippen MR) is 118 cm³/mol. The Labute approximate surface area is 174 Å². The number of anilines is 1. The summed E-state index contributed by atoms with van der Waals surface area (Å²) in [6.45, 7) is -0.253. The zero-order chi connectivity index (χ0) is 19.6. The number of hydrogen-bond acceptors (Lipinski definition) is 5. The highest BCUT2D eigenvalue weighted by molar-refractivity contribution is 8.77. The Kier molecular flexibility index (Phi) is 8.30. The molecule has 0 bridgehead atoms. The minimum atomic E-state index is -0.323. The van der Waals surface area contributed by atoms with Gasteiger partial charge < -0.3 is 10.1 Å². The first-order valence-corrected chi connectivity index (χ1v) is 12.0. The molecular formula is C22H25NO3S2. The Balaban J connectivity index is 1.40. The Morgan fingerprint density at radius 3 is 2.61 bits per heavy atom. The number of carbonyl (C=O) groups is 2. The predicted octanol–water partition coefficient (Wildman–Crippen LogP) is 5.55. The van der Waals surface area contributed by atoms with Gasteiger partial charge in [-0.1, -0.05) is 76.5 Å². The monoisotopic (exact) mass is 415 g/mol. The van der Waals surface area contributed by atoms with Crippen LogP contribution < -0.4 is 5.32 Å². The third-order valence-corrected chi connectivity index (χ3v) is 7.54. The second-order valence-corrected chi connectivity index (χ2v) is 9.48. The summed E-state index contributed by atoms with van der Waals surface area (Å²) in [6.07, 6.45) is 4.65. The lowest BCUT2D eigenvalue weighted by atomic mass is 10.0. The topological polar surface area (TPSA) is 55.4 Å². The van der Waals surface area contributed by atoms with E-state index in [1.807, 2.05) is 76.2 Å². The van der Waals surface area contributed by atoms with Crippen molar-refractivity contribution >= 4 is 39.2 Å². The van der Waals surface area contributed by atoms with Crippen molar-refractivity contribution in [2.75, 3.05) is 17.7 Å². The van der Waals surface area contributed by atoms with Crippen LogP contribution in [0.25, 0.3) is 11.1 Å². The van der Waals surface area contributed by atoms with Gasteiger partial charge in [-0.2, -0.15) is 0 Å². The molecule has 1 heterocycles. The Hall–Kier alpha value is -1.92. The lowest BCUT2D eigenvalue weighted by molar-refractivity contribution is -0.147.